The highest BCUT2D eigenvalue weighted by Crippen LogP contribution is 2.29. The van der Waals surface area contributed by atoms with E-state index >= 15 is 0 Å². The van der Waals surface area contributed by atoms with E-state index in [0.29, 0.717) is 23.8 Å². The van der Waals surface area contributed by atoms with Crippen molar-refractivity contribution in [2.75, 3.05) is 18.6 Å². The molecule has 0 bridgehead atoms. The number of hydrogen-bond acceptors (Lipinski definition) is 3. The van der Waals surface area contributed by atoms with E-state index in [1.807, 2.05) is 42.5 Å². The standard InChI is InChI=1S/C32H37NO4/c1-24(2)11-9-12-25-18-19-27(28(23-25)26-13-5-4-6-14-26)20-21-31(34)33(3)29-15-7-8-16-30(29)37-22-10-17-32(35)36/h4-8,13-16,18-21,23-24H,9-12,17,22H2,1-3H3,(H,35,36)/b21-20+. The highest BCUT2D eigenvalue weighted by atomic mass is 16.5. The Morgan fingerprint density at radius 3 is 2.43 bits per heavy atom. The Morgan fingerprint density at radius 1 is 0.973 bits per heavy atom. The third-order valence-corrected chi connectivity index (χ3v) is 6.20. The molecule has 3 aromatic carbocycles. The molecule has 1 amide bonds. The van der Waals surface area contributed by atoms with Crippen molar-refractivity contribution in [2.24, 2.45) is 5.92 Å². The van der Waals surface area contributed by atoms with Crippen LogP contribution in [0.15, 0.2) is 78.9 Å². The second kappa shape index (κ2) is 14.0. The quantitative estimate of drug-likeness (QED) is 0.199. The number of aryl methyl sites for hydroxylation is 1. The lowest BCUT2D eigenvalue weighted by atomic mass is 9.94. The van der Waals surface area contributed by atoms with Gasteiger partial charge in [0.1, 0.15) is 5.75 Å². The smallest absolute Gasteiger partial charge is 0.303 e. The number of para-hydroxylation sites is 2. The van der Waals surface area contributed by atoms with E-state index in [1.54, 1.807) is 24.1 Å². The van der Waals surface area contributed by atoms with Gasteiger partial charge in [-0.3, -0.25) is 9.59 Å². The Labute approximate surface area is 220 Å². The van der Waals surface area contributed by atoms with Crippen LogP contribution in [0.5, 0.6) is 5.75 Å². The number of nitrogens with zero attached hydrogens (tertiary/aromatic N) is 1. The van der Waals surface area contributed by atoms with Crippen LogP contribution in [0.3, 0.4) is 0 Å². The molecule has 3 aromatic rings. The van der Waals surface area contributed by atoms with Gasteiger partial charge in [-0.05, 0) is 65.6 Å². The summed E-state index contributed by atoms with van der Waals surface area (Å²) in [6, 6.07) is 24.0. The number of amides is 1. The number of anilines is 1. The largest absolute Gasteiger partial charge is 0.491 e. The summed E-state index contributed by atoms with van der Waals surface area (Å²) in [5.74, 6) is 0.210. The second-order valence-electron chi connectivity index (χ2n) is 9.62. The maximum Gasteiger partial charge on any atom is 0.303 e. The average Bonchev–Trinajstić information content (AvgIpc) is 2.90. The summed E-state index contributed by atoms with van der Waals surface area (Å²) in [4.78, 5) is 25.4. The Hall–Kier alpha value is -3.86. The van der Waals surface area contributed by atoms with E-state index in [9.17, 15) is 9.59 Å². The summed E-state index contributed by atoms with van der Waals surface area (Å²) in [6.07, 6.45) is 7.29. The number of ether oxygens (including phenoxy) is 1. The van der Waals surface area contributed by atoms with Gasteiger partial charge in [0.2, 0.25) is 0 Å². The Morgan fingerprint density at radius 2 is 1.70 bits per heavy atom. The molecule has 0 aliphatic heterocycles. The number of carbonyl (C=O) groups is 2. The van der Waals surface area contributed by atoms with Crippen LogP contribution in [0.25, 0.3) is 17.2 Å². The highest BCUT2D eigenvalue weighted by molar-refractivity contribution is 6.04. The van der Waals surface area contributed by atoms with Crippen LogP contribution in [0, 0.1) is 5.92 Å². The summed E-state index contributed by atoms with van der Waals surface area (Å²) in [5.41, 5.74) is 5.15. The lowest BCUT2D eigenvalue weighted by Crippen LogP contribution is -2.24. The van der Waals surface area contributed by atoms with Crippen LogP contribution in [-0.2, 0) is 16.0 Å². The first-order chi connectivity index (χ1) is 17.8. The second-order valence-corrected chi connectivity index (χ2v) is 9.62. The van der Waals surface area contributed by atoms with Gasteiger partial charge in [-0.25, -0.2) is 0 Å². The molecule has 0 radical (unpaired) electrons. The van der Waals surface area contributed by atoms with Crippen LogP contribution in [-0.4, -0.2) is 30.6 Å². The first-order valence-corrected chi connectivity index (χ1v) is 12.9. The lowest BCUT2D eigenvalue weighted by Gasteiger charge is -2.19. The van der Waals surface area contributed by atoms with Gasteiger partial charge in [-0.2, -0.15) is 0 Å². The molecule has 1 N–H and O–H groups in total. The van der Waals surface area contributed by atoms with Gasteiger partial charge < -0.3 is 14.7 Å². The summed E-state index contributed by atoms with van der Waals surface area (Å²) < 4.78 is 5.78. The number of carboxylic acids is 1. The molecule has 37 heavy (non-hydrogen) atoms. The Kier molecular flexibility index (Phi) is 10.5. The molecule has 194 valence electrons. The third-order valence-electron chi connectivity index (χ3n) is 6.20. The number of benzene rings is 3. The molecule has 0 aliphatic carbocycles. The minimum atomic E-state index is -0.854. The number of likely N-dealkylation sites (N-methyl/N-ethyl adjacent to an activating group) is 1. The average molecular weight is 500 g/mol. The zero-order valence-corrected chi connectivity index (χ0v) is 22.0. The zero-order chi connectivity index (χ0) is 26.6. The highest BCUT2D eigenvalue weighted by Gasteiger charge is 2.14. The molecule has 0 atom stereocenters. The van der Waals surface area contributed by atoms with Gasteiger partial charge in [0, 0.05) is 19.5 Å². The van der Waals surface area contributed by atoms with Crippen molar-refractivity contribution < 1.29 is 19.4 Å². The number of carbonyl (C=O) groups excluding carboxylic acids is 1. The predicted molar refractivity (Wildman–Crippen MR) is 151 cm³/mol. The minimum Gasteiger partial charge on any atom is -0.491 e. The van der Waals surface area contributed by atoms with E-state index in [-0.39, 0.29) is 18.9 Å². The van der Waals surface area contributed by atoms with Gasteiger partial charge >= 0.3 is 5.97 Å². The normalized spacial score (nSPS) is 11.1. The number of aliphatic carboxylic acids is 1. The van der Waals surface area contributed by atoms with Crippen LogP contribution in [0.2, 0.25) is 0 Å². The van der Waals surface area contributed by atoms with Crippen LogP contribution in [0.1, 0.15) is 50.7 Å². The van der Waals surface area contributed by atoms with Crippen molar-refractivity contribution in [1.82, 2.24) is 0 Å². The molecule has 0 spiro atoms. The molecular weight excluding hydrogens is 462 g/mol. The van der Waals surface area contributed by atoms with E-state index in [2.05, 4.69) is 44.2 Å². The van der Waals surface area contributed by atoms with E-state index in [4.69, 9.17) is 9.84 Å². The van der Waals surface area contributed by atoms with Crippen LogP contribution in [0.4, 0.5) is 5.69 Å². The van der Waals surface area contributed by atoms with Crippen molar-refractivity contribution in [3.05, 3.63) is 90.0 Å². The topological polar surface area (TPSA) is 66.8 Å². The molecule has 0 fully saturated rings. The summed E-state index contributed by atoms with van der Waals surface area (Å²) in [6.45, 7) is 4.77. The van der Waals surface area contributed by atoms with Gasteiger partial charge in [-0.15, -0.1) is 0 Å². The number of carboxylic acid groups (broad SMARTS) is 1. The fourth-order valence-electron chi connectivity index (χ4n) is 4.14. The van der Waals surface area contributed by atoms with Crippen molar-refractivity contribution in [3.8, 4) is 16.9 Å². The molecule has 5 nitrogen and oxygen atoms in total. The molecule has 0 saturated heterocycles. The molecular formula is C32H37NO4. The number of rotatable bonds is 13. The fourth-order valence-corrected chi connectivity index (χ4v) is 4.14. The minimum absolute atomic E-state index is 0.0416. The number of hydrogen-bond donors (Lipinski definition) is 1. The molecule has 0 unspecified atom stereocenters. The van der Waals surface area contributed by atoms with E-state index in [0.717, 1.165) is 29.5 Å². The summed E-state index contributed by atoms with van der Waals surface area (Å²) >= 11 is 0. The summed E-state index contributed by atoms with van der Waals surface area (Å²) in [5, 5.41) is 8.83. The van der Waals surface area contributed by atoms with Gasteiger partial charge in [-0.1, -0.05) is 80.9 Å². The first kappa shape index (κ1) is 27.7. The Bertz CT molecular complexity index is 1200. The van der Waals surface area contributed by atoms with Gasteiger partial charge in [0.15, 0.2) is 0 Å². The zero-order valence-electron chi connectivity index (χ0n) is 22.0. The van der Waals surface area contributed by atoms with Gasteiger partial charge in [0.25, 0.3) is 5.91 Å². The maximum absolute atomic E-state index is 13.1. The molecule has 0 aromatic heterocycles. The molecule has 0 heterocycles. The predicted octanol–water partition coefficient (Wildman–Crippen LogP) is 7.25. The molecule has 0 aliphatic rings. The van der Waals surface area contributed by atoms with Crippen molar-refractivity contribution in [1.29, 1.82) is 0 Å². The van der Waals surface area contributed by atoms with E-state index < -0.39 is 5.97 Å². The first-order valence-electron chi connectivity index (χ1n) is 12.9. The third kappa shape index (κ3) is 8.64. The van der Waals surface area contributed by atoms with Crippen molar-refractivity contribution in [3.63, 3.8) is 0 Å². The monoisotopic (exact) mass is 499 g/mol. The molecule has 5 heteroatoms. The van der Waals surface area contributed by atoms with Crippen molar-refractivity contribution in [2.45, 2.75) is 46.0 Å². The lowest BCUT2D eigenvalue weighted by molar-refractivity contribution is -0.137. The maximum atomic E-state index is 13.1. The molecule has 3 rings (SSSR count). The SMILES string of the molecule is CC(C)CCCc1ccc(/C=C/C(=O)N(C)c2ccccc2OCCCC(=O)O)c(-c2ccccc2)c1. The Balaban J connectivity index is 1.78. The van der Waals surface area contributed by atoms with Crippen molar-refractivity contribution >= 4 is 23.6 Å². The van der Waals surface area contributed by atoms with Gasteiger partial charge in [0.05, 0.1) is 12.3 Å². The van der Waals surface area contributed by atoms with E-state index in [1.165, 1.54) is 12.0 Å². The van der Waals surface area contributed by atoms with Crippen LogP contribution < -0.4 is 9.64 Å². The van der Waals surface area contributed by atoms with Crippen LogP contribution >= 0.6 is 0 Å². The summed E-state index contributed by atoms with van der Waals surface area (Å²) in [7, 11) is 1.71. The fraction of sp³-hybridized carbons (Fsp3) is 0.312. The molecule has 0 saturated carbocycles.